The summed E-state index contributed by atoms with van der Waals surface area (Å²) in [5.41, 5.74) is -0.386. The van der Waals surface area contributed by atoms with Crippen molar-refractivity contribution in [2.24, 2.45) is 0 Å². The SMILES string of the molecule is C=C(O)C(C)(C)Oc1ccccc1CC(=O)O. The van der Waals surface area contributed by atoms with E-state index in [9.17, 15) is 9.90 Å². The first-order valence-electron chi connectivity index (χ1n) is 5.20. The smallest absolute Gasteiger partial charge is 0.307 e. The highest BCUT2D eigenvalue weighted by Gasteiger charge is 2.24. The number of ether oxygens (including phenoxy) is 1. The summed E-state index contributed by atoms with van der Waals surface area (Å²) in [5, 5.41) is 18.2. The summed E-state index contributed by atoms with van der Waals surface area (Å²) < 4.78 is 5.58. The molecule has 0 atom stereocenters. The largest absolute Gasteiger partial charge is 0.509 e. The lowest BCUT2D eigenvalue weighted by molar-refractivity contribution is -0.136. The molecular formula is C13H16O4. The summed E-state index contributed by atoms with van der Waals surface area (Å²) >= 11 is 0. The maximum absolute atomic E-state index is 10.7. The Balaban J connectivity index is 2.98. The molecule has 4 nitrogen and oxygen atoms in total. The molecule has 17 heavy (non-hydrogen) atoms. The summed E-state index contributed by atoms with van der Waals surface area (Å²) in [6.07, 6.45) is -0.121. The van der Waals surface area contributed by atoms with E-state index < -0.39 is 11.6 Å². The van der Waals surface area contributed by atoms with Crippen LogP contribution >= 0.6 is 0 Å². The van der Waals surface area contributed by atoms with Crippen molar-refractivity contribution >= 4 is 5.97 Å². The minimum absolute atomic E-state index is 0.109. The Labute approximate surface area is 100 Å². The molecule has 1 aromatic rings. The highest BCUT2D eigenvalue weighted by molar-refractivity contribution is 5.71. The van der Waals surface area contributed by atoms with Gasteiger partial charge in [0.1, 0.15) is 11.5 Å². The van der Waals surface area contributed by atoms with E-state index in [1.165, 1.54) is 0 Å². The van der Waals surface area contributed by atoms with Gasteiger partial charge in [-0.2, -0.15) is 0 Å². The molecule has 1 aromatic carbocycles. The van der Waals surface area contributed by atoms with E-state index in [0.29, 0.717) is 11.3 Å². The summed E-state index contributed by atoms with van der Waals surface area (Å²) in [4.78, 5) is 10.7. The number of carbonyl (C=O) groups is 1. The van der Waals surface area contributed by atoms with Gasteiger partial charge in [-0.25, -0.2) is 0 Å². The summed E-state index contributed by atoms with van der Waals surface area (Å²) in [7, 11) is 0. The van der Waals surface area contributed by atoms with E-state index in [2.05, 4.69) is 6.58 Å². The number of carboxylic acid groups (broad SMARTS) is 1. The monoisotopic (exact) mass is 236 g/mol. The van der Waals surface area contributed by atoms with Crippen LogP contribution in [-0.4, -0.2) is 21.8 Å². The van der Waals surface area contributed by atoms with Gasteiger partial charge in [-0.1, -0.05) is 24.8 Å². The van der Waals surface area contributed by atoms with E-state index in [4.69, 9.17) is 9.84 Å². The van der Waals surface area contributed by atoms with Crippen molar-refractivity contribution in [3.8, 4) is 5.75 Å². The lowest BCUT2D eigenvalue weighted by atomic mass is 10.1. The Morgan fingerprint density at radius 2 is 1.94 bits per heavy atom. The maximum atomic E-state index is 10.7. The highest BCUT2D eigenvalue weighted by atomic mass is 16.5. The van der Waals surface area contributed by atoms with Gasteiger partial charge in [0, 0.05) is 5.56 Å². The summed E-state index contributed by atoms with van der Waals surface area (Å²) in [6, 6.07) is 6.84. The normalized spacial score (nSPS) is 10.9. The molecule has 0 saturated heterocycles. The lowest BCUT2D eigenvalue weighted by Gasteiger charge is -2.26. The number of para-hydroxylation sites is 1. The van der Waals surface area contributed by atoms with E-state index in [1.807, 2.05) is 0 Å². The number of hydrogen-bond acceptors (Lipinski definition) is 3. The Hall–Kier alpha value is -1.97. The van der Waals surface area contributed by atoms with Crippen LogP contribution in [0.1, 0.15) is 19.4 Å². The molecule has 4 heteroatoms. The van der Waals surface area contributed by atoms with Crippen molar-refractivity contribution in [2.45, 2.75) is 25.9 Å². The van der Waals surface area contributed by atoms with Gasteiger partial charge < -0.3 is 14.9 Å². The Morgan fingerprint density at radius 1 is 1.35 bits per heavy atom. The number of aliphatic hydroxyl groups excluding tert-OH is 1. The minimum atomic E-state index is -0.950. The fourth-order valence-electron chi connectivity index (χ4n) is 1.25. The van der Waals surface area contributed by atoms with Gasteiger partial charge in [0.15, 0.2) is 5.60 Å². The predicted octanol–water partition coefficient (Wildman–Crippen LogP) is 2.54. The van der Waals surface area contributed by atoms with Crippen LogP contribution in [0, 0.1) is 0 Å². The fourth-order valence-corrected chi connectivity index (χ4v) is 1.25. The third-order valence-electron chi connectivity index (χ3n) is 2.37. The average molecular weight is 236 g/mol. The van der Waals surface area contributed by atoms with Crippen molar-refractivity contribution < 1.29 is 19.7 Å². The molecule has 0 aliphatic heterocycles. The molecule has 0 unspecified atom stereocenters. The molecule has 0 aliphatic carbocycles. The standard InChI is InChI=1S/C13H16O4/c1-9(14)13(2,3)17-11-7-5-4-6-10(11)8-12(15)16/h4-7,14H,1,8H2,2-3H3,(H,15,16). The molecule has 0 radical (unpaired) electrons. The Morgan fingerprint density at radius 3 is 2.47 bits per heavy atom. The number of aliphatic hydroxyl groups is 1. The maximum Gasteiger partial charge on any atom is 0.307 e. The molecule has 0 saturated carbocycles. The Kier molecular flexibility index (Phi) is 3.78. The van der Waals surface area contributed by atoms with Crippen molar-refractivity contribution in [3.63, 3.8) is 0 Å². The van der Waals surface area contributed by atoms with Gasteiger partial charge in [0.05, 0.1) is 6.42 Å². The van der Waals surface area contributed by atoms with Crippen molar-refractivity contribution in [1.82, 2.24) is 0 Å². The van der Waals surface area contributed by atoms with Gasteiger partial charge in [0.2, 0.25) is 0 Å². The van der Waals surface area contributed by atoms with Crippen LogP contribution in [0.3, 0.4) is 0 Å². The molecule has 0 heterocycles. The number of carboxylic acids is 1. The van der Waals surface area contributed by atoms with Crippen LogP contribution in [0.4, 0.5) is 0 Å². The second-order valence-corrected chi connectivity index (χ2v) is 4.24. The van der Waals surface area contributed by atoms with Gasteiger partial charge in [-0.05, 0) is 19.9 Å². The van der Waals surface area contributed by atoms with Gasteiger partial charge in [-0.3, -0.25) is 4.79 Å². The Bertz CT molecular complexity index is 435. The first kappa shape index (κ1) is 13.1. The topological polar surface area (TPSA) is 66.8 Å². The molecular weight excluding hydrogens is 220 g/mol. The van der Waals surface area contributed by atoms with Crippen LogP contribution in [0.5, 0.6) is 5.75 Å². The molecule has 0 amide bonds. The van der Waals surface area contributed by atoms with Crippen LogP contribution in [0.15, 0.2) is 36.6 Å². The van der Waals surface area contributed by atoms with Gasteiger partial charge in [0.25, 0.3) is 0 Å². The predicted molar refractivity (Wildman–Crippen MR) is 64.3 cm³/mol. The second kappa shape index (κ2) is 4.91. The average Bonchev–Trinajstić information content (AvgIpc) is 2.19. The zero-order valence-electron chi connectivity index (χ0n) is 9.93. The van der Waals surface area contributed by atoms with E-state index in [1.54, 1.807) is 38.1 Å². The number of rotatable bonds is 5. The fraction of sp³-hybridized carbons (Fsp3) is 0.308. The highest BCUT2D eigenvalue weighted by Crippen LogP contribution is 2.26. The van der Waals surface area contributed by atoms with Crippen LogP contribution < -0.4 is 4.74 Å². The number of aliphatic carboxylic acids is 1. The molecule has 0 aliphatic rings. The third kappa shape index (κ3) is 3.52. The molecule has 1 rings (SSSR count). The third-order valence-corrected chi connectivity index (χ3v) is 2.37. The minimum Gasteiger partial charge on any atom is -0.509 e. The van der Waals surface area contributed by atoms with Crippen LogP contribution in [0.25, 0.3) is 0 Å². The van der Waals surface area contributed by atoms with E-state index in [-0.39, 0.29) is 12.2 Å². The lowest BCUT2D eigenvalue weighted by Crippen LogP contribution is -2.30. The zero-order valence-corrected chi connectivity index (χ0v) is 9.93. The van der Waals surface area contributed by atoms with E-state index in [0.717, 1.165) is 0 Å². The first-order valence-corrected chi connectivity index (χ1v) is 5.20. The van der Waals surface area contributed by atoms with Gasteiger partial charge >= 0.3 is 5.97 Å². The molecule has 0 bridgehead atoms. The number of hydrogen-bond donors (Lipinski definition) is 2. The first-order chi connectivity index (χ1) is 7.83. The molecule has 92 valence electrons. The summed E-state index contributed by atoms with van der Waals surface area (Å²) in [6.45, 7) is 6.75. The molecule has 0 spiro atoms. The van der Waals surface area contributed by atoms with Crippen LogP contribution in [-0.2, 0) is 11.2 Å². The number of benzene rings is 1. The van der Waals surface area contributed by atoms with Gasteiger partial charge in [-0.15, -0.1) is 0 Å². The summed E-state index contributed by atoms with van der Waals surface area (Å²) in [5.74, 6) is -0.598. The quantitative estimate of drug-likeness (QED) is 0.771. The van der Waals surface area contributed by atoms with Crippen LogP contribution in [0.2, 0.25) is 0 Å². The zero-order chi connectivity index (χ0) is 13.1. The van der Waals surface area contributed by atoms with Crippen molar-refractivity contribution in [3.05, 3.63) is 42.2 Å². The molecule has 0 aromatic heterocycles. The molecule has 0 fully saturated rings. The van der Waals surface area contributed by atoms with Crippen molar-refractivity contribution in [2.75, 3.05) is 0 Å². The van der Waals surface area contributed by atoms with Crippen molar-refractivity contribution in [1.29, 1.82) is 0 Å². The molecule has 2 N–H and O–H groups in total. The van der Waals surface area contributed by atoms with E-state index >= 15 is 0 Å². The second-order valence-electron chi connectivity index (χ2n) is 4.24.